The van der Waals surface area contributed by atoms with Crippen molar-refractivity contribution in [2.45, 2.75) is 6.42 Å². The van der Waals surface area contributed by atoms with Crippen LogP contribution < -0.4 is 0 Å². The molecular weight excluding hydrogens is 260 g/mol. The van der Waals surface area contributed by atoms with Crippen LogP contribution in [0.4, 0.5) is 8.78 Å². The van der Waals surface area contributed by atoms with Gasteiger partial charge in [0.1, 0.15) is 11.6 Å². The lowest BCUT2D eigenvalue weighted by molar-refractivity contribution is 0.284. The number of rotatable bonds is 2. The monoisotopic (exact) mass is 273 g/mol. The average Bonchev–Trinajstić information content (AvgIpc) is 2.49. The van der Waals surface area contributed by atoms with Gasteiger partial charge in [-0.05, 0) is 29.8 Å². The Morgan fingerprint density at radius 3 is 2.15 bits per heavy atom. The summed E-state index contributed by atoms with van der Waals surface area (Å²) < 4.78 is 32.9. The number of ether oxygens (including phenoxy) is 1. The highest BCUT2D eigenvalue weighted by molar-refractivity contribution is 5.94. The van der Waals surface area contributed by atoms with E-state index in [1.807, 2.05) is 0 Å². The van der Waals surface area contributed by atoms with Crippen molar-refractivity contribution in [3.05, 3.63) is 59.7 Å². The lowest BCUT2D eigenvalue weighted by Crippen LogP contribution is -2.14. The molecule has 3 rings (SSSR count). The summed E-state index contributed by atoms with van der Waals surface area (Å²) in [7, 11) is 0. The highest BCUT2D eigenvalue weighted by Crippen LogP contribution is 2.26. The molecule has 0 bridgehead atoms. The van der Waals surface area contributed by atoms with Crippen molar-refractivity contribution in [2.75, 3.05) is 13.2 Å². The topological polar surface area (TPSA) is 21.6 Å². The number of nitrogens with zero attached hydrogens (tertiary/aromatic N) is 1. The number of aliphatic imine (C=N–C) groups is 1. The van der Waals surface area contributed by atoms with Crippen LogP contribution in [-0.2, 0) is 4.74 Å². The van der Waals surface area contributed by atoms with E-state index in [0.717, 1.165) is 18.5 Å². The molecule has 1 aliphatic heterocycles. The van der Waals surface area contributed by atoms with E-state index in [1.54, 1.807) is 24.3 Å². The summed E-state index contributed by atoms with van der Waals surface area (Å²) in [5, 5.41) is 0. The molecule has 102 valence electrons. The van der Waals surface area contributed by atoms with E-state index < -0.39 is 11.6 Å². The number of hydrogen-bond donors (Lipinski definition) is 0. The van der Waals surface area contributed by atoms with Crippen molar-refractivity contribution in [3.63, 3.8) is 0 Å². The molecule has 0 unspecified atom stereocenters. The Kier molecular flexibility index (Phi) is 3.46. The van der Waals surface area contributed by atoms with Gasteiger partial charge in [-0.15, -0.1) is 0 Å². The first-order chi connectivity index (χ1) is 9.75. The average molecular weight is 273 g/mol. The maximum atomic E-state index is 13.7. The Hall–Kier alpha value is -2.23. The summed E-state index contributed by atoms with van der Waals surface area (Å²) in [6.07, 6.45) is 0.919. The summed E-state index contributed by atoms with van der Waals surface area (Å²) >= 11 is 0. The van der Waals surface area contributed by atoms with Crippen LogP contribution in [0.1, 0.15) is 12.0 Å². The van der Waals surface area contributed by atoms with E-state index in [4.69, 9.17) is 4.74 Å². The molecule has 2 nitrogen and oxygen atoms in total. The maximum absolute atomic E-state index is 13.7. The Morgan fingerprint density at radius 2 is 1.55 bits per heavy atom. The molecular formula is C16H13F2NO. The molecule has 0 spiro atoms. The Balaban J connectivity index is 1.95. The second-order valence-electron chi connectivity index (χ2n) is 4.56. The van der Waals surface area contributed by atoms with Crippen molar-refractivity contribution < 1.29 is 13.5 Å². The summed E-state index contributed by atoms with van der Waals surface area (Å²) in [6, 6.07) is 10.7. The standard InChI is InChI=1S/C16H13F2NO/c17-13-3-1-4-14(18)15(13)11-5-7-12(8-6-11)16-19-9-2-10-20-16/h1,3-8H,2,9-10H2. The van der Waals surface area contributed by atoms with Crippen LogP contribution in [0.25, 0.3) is 11.1 Å². The van der Waals surface area contributed by atoms with E-state index in [0.29, 0.717) is 18.1 Å². The maximum Gasteiger partial charge on any atom is 0.216 e. The molecule has 0 N–H and O–H groups in total. The smallest absolute Gasteiger partial charge is 0.216 e. The van der Waals surface area contributed by atoms with Crippen molar-refractivity contribution in [1.29, 1.82) is 0 Å². The van der Waals surface area contributed by atoms with Gasteiger partial charge in [0.2, 0.25) is 5.90 Å². The molecule has 0 fully saturated rings. The minimum absolute atomic E-state index is 0.00875. The zero-order valence-electron chi connectivity index (χ0n) is 10.8. The fraction of sp³-hybridized carbons (Fsp3) is 0.188. The fourth-order valence-electron chi connectivity index (χ4n) is 2.19. The van der Waals surface area contributed by atoms with E-state index in [9.17, 15) is 8.78 Å². The minimum Gasteiger partial charge on any atom is -0.477 e. The quantitative estimate of drug-likeness (QED) is 0.815. The summed E-state index contributed by atoms with van der Waals surface area (Å²) in [5.74, 6) is -0.537. The third-order valence-corrected chi connectivity index (χ3v) is 3.18. The lowest BCUT2D eigenvalue weighted by atomic mass is 10.0. The second-order valence-corrected chi connectivity index (χ2v) is 4.56. The molecule has 0 aromatic heterocycles. The van der Waals surface area contributed by atoms with Crippen molar-refractivity contribution in [2.24, 2.45) is 4.99 Å². The highest BCUT2D eigenvalue weighted by atomic mass is 19.1. The van der Waals surface area contributed by atoms with Gasteiger partial charge in [0.15, 0.2) is 0 Å². The molecule has 0 aliphatic carbocycles. The van der Waals surface area contributed by atoms with Crippen LogP contribution in [0.5, 0.6) is 0 Å². The number of halogens is 2. The van der Waals surface area contributed by atoms with Crippen molar-refractivity contribution in [3.8, 4) is 11.1 Å². The van der Waals surface area contributed by atoms with Gasteiger partial charge in [0, 0.05) is 18.5 Å². The molecule has 2 aromatic rings. The SMILES string of the molecule is Fc1cccc(F)c1-c1ccc(C2=NCCCO2)cc1. The molecule has 0 saturated carbocycles. The van der Waals surface area contributed by atoms with Gasteiger partial charge in [-0.1, -0.05) is 18.2 Å². The summed E-state index contributed by atoms with van der Waals surface area (Å²) in [4.78, 5) is 4.28. The normalized spacial score (nSPS) is 14.6. The van der Waals surface area contributed by atoms with Gasteiger partial charge >= 0.3 is 0 Å². The Labute approximate surface area is 115 Å². The van der Waals surface area contributed by atoms with Crippen LogP contribution in [0.2, 0.25) is 0 Å². The van der Waals surface area contributed by atoms with Crippen molar-refractivity contribution in [1.82, 2.24) is 0 Å². The highest BCUT2D eigenvalue weighted by Gasteiger charge is 2.13. The fourth-order valence-corrected chi connectivity index (χ4v) is 2.19. The molecule has 0 saturated heterocycles. The zero-order chi connectivity index (χ0) is 13.9. The number of hydrogen-bond acceptors (Lipinski definition) is 2. The minimum atomic E-state index is -0.566. The third-order valence-electron chi connectivity index (χ3n) is 3.18. The Morgan fingerprint density at radius 1 is 0.900 bits per heavy atom. The van der Waals surface area contributed by atoms with E-state index in [2.05, 4.69) is 4.99 Å². The predicted molar refractivity (Wildman–Crippen MR) is 73.8 cm³/mol. The third kappa shape index (κ3) is 2.41. The zero-order valence-corrected chi connectivity index (χ0v) is 10.8. The second kappa shape index (κ2) is 5.41. The first-order valence-electron chi connectivity index (χ1n) is 6.48. The van der Waals surface area contributed by atoms with Crippen LogP contribution in [0.15, 0.2) is 47.5 Å². The molecule has 4 heteroatoms. The molecule has 0 atom stereocenters. The first-order valence-corrected chi connectivity index (χ1v) is 6.48. The largest absolute Gasteiger partial charge is 0.477 e. The van der Waals surface area contributed by atoms with Gasteiger partial charge in [-0.3, -0.25) is 4.99 Å². The molecule has 1 aliphatic rings. The molecule has 0 amide bonds. The van der Waals surface area contributed by atoms with E-state index in [-0.39, 0.29) is 5.56 Å². The van der Waals surface area contributed by atoms with Crippen LogP contribution in [0, 0.1) is 11.6 Å². The van der Waals surface area contributed by atoms with Crippen LogP contribution in [-0.4, -0.2) is 19.0 Å². The van der Waals surface area contributed by atoms with Gasteiger partial charge in [0.25, 0.3) is 0 Å². The van der Waals surface area contributed by atoms with Gasteiger partial charge in [-0.2, -0.15) is 0 Å². The summed E-state index contributed by atoms with van der Waals surface area (Å²) in [5.41, 5.74) is 1.32. The predicted octanol–water partition coefficient (Wildman–Crippen LogP) is 3.80. The van der Waals surface area contributed by atoms with Crippen molar-refractivity contribution >= 4 is 5.90 Å². The summed E-state index contributed by atoms with van der Waals surface area (Å²) in [6.45, 7) is 1.40. The van der Waals surface area contributed by atoms with Gasteiger partial charge in [0.05, 0.1) is 12.2 Å². The van der Waals surface area contributed by atoms with Gasteiger partial charge in [-0.25, -0.2) is 8.78 Å². The Bertz CT molecular complexity index is 630. The van der Waals surface area contributed by atoms with Crippen LogP contribution in [0.3, 0.4) is 0 Å². The lowest BCUT2D eigenvalue weighted by Gasteiger charge is -2.14. The van der Waals surface area contributed by atoms with E-state index in [1.165, 1.54) is 18.2 Å². The molecule has 1 heterocycles. The molecule has 0 radical (unpaired) electrons. The molecule has 2 aromatic carbocycles. The molecule has 20 heavy (non-hydrogen) atoms. The first kappa shape index (κ1) is 12.8. The van der Waals surface area contributed by atoms with E-state index >= 15 is 0 Å². The van der Waals surface area contributed by atoms with Crippen LogP contribution >= 0.6 is 0 Å². The van der Waals surface area contributed by atoms with Gasteiger partial charge < -0.3 is 4.74 Å². The number of benzene rings is 2.